The summed E-state index contributed by atoms with van der Waals surface area (Å²) in [6, 6.07) is 15.5. The maximum atomic E-state index is 13.7. The van der Waals surface area contributed by atoms with Crippen LogP contribution in [0.2, 0.25) is 0 Å². The van der Waals surface area contributed by atoms with E-state index in [9.17, 15) is 4.79 Å². The van der Waals surface area contributed by atoms with Gasteiger partial charge in [0.1, 0.15) is 5.75 Å². The van der Waals surface area contributed by atoms with Gasteiger partial charge in [-0.15, -0.1) is 0 Å². The largest absolute Gasteiger partial charge is 0.497 e. The smallest absolute Gasteiger partial charge is 0.283 e. The molecule has 0 atom stereocenters. The lowest BCUT2D eigenvalue weighted by molar-refractivity contribution is 0.415. The van der Waals surface area contributed by atoms with Crippen LogP contribution in [0.5, 0.6) is 5.75 Å². The van der Waals surface area contributed by atoms with Crippen molar-refractivity contribution in [3.8, 4) is 22.1 Å². The molecule has 0 saturated carbocycles. The number of H-pyrrole nitrogens is 2. The van der Waals surface area contributed by atoms with Gasteiger partial charge in [-0.05, 0) is 50.2 Å². The number of aromatic nitrogens is 5. The predicted octanol–water partition coefficient (Wildman–Crippen LogP) is 5.22. The van der Waals surface area contributed by atoms with Crippen molar-refractivity contribution in [2.75, 3.05) is 19.4 Å². The molecule has 3 aromatic heterocycles. The van der Waals surface area contributed by atoms with Crippen LogP contribution in [-0.4, -0.2) is 49.9 Å². The van der Waals surface area contributed by atoms with Crippen molar-refractivity contribution in [3.05, 3.63) is 82.2 Å². The van der Waals surface area contributed by atoms with Crippen molar-refractivity contribution in [3.63, 3.8) is 0 Å². The second kappa shape index (κ2) is 10.5. The van der Waals surface area contributed by atoms with Gasteiger partial charge >= 0.3 is 0 Å². The van der Waals surface area contributed by atoms with Crippen molar-refractivity contribution in [2.24, 2.45) is 4.99 Å². The highest BCUT2D eigenvalue weighted by molar-refractivity contribution is 7.98. The van der Waals surface area contributed by atoms with E-state index in [2.05, 4.69) is 20.1 Å². The van der Waals surface area contributed by atoms with Crippen molar-refractivity contribution in [1.82, 2.24) is 24.7 Å². The molecule has 8 nitrogen and oxygen atoms in total. The molecule has 0 unspecified atom stereocenters. The number of para-hydroxylation sites is 1. The molecule has 2 N–H and O–H groups in total. The first kappa shape index (κ1) is 24.1. The van der Waals surface area contributed by atoms with E-state index in [1.54, 1.807) is 25.2 Å². The monoisotopic (exact) mass is 518 g/mol. The van der Waals surface area contributed by atoms with E-state index in [4.69, 9.17) is 9.73 Å². The summed E-state index contributed by atoms with van der Waals surface area (Å²) in [7, 11) is 1.63. The number of methoxy groups -OCH3 is 1. The van der Waals surface area contributed by atoms with Gasteiger partial charge in [0.2, 0.25) is 5.13 Å². The third-order valence-electron chi connectivity index (χ3n) is 5.86. The predicted molar refractivity (Wildman–Crippen MR) is 148 cm³/mol. The summed E-state index contributed by atoms with van der Waals surface area (Å²) in [6.45, 7) is 4.52. The van der Waals surface area contributed by atoms with Crippen molar-refractivity contribution in [1.29, 1.82) is 0 Å². The molecule has 0 amide bonds. The van der Waals surface area contributed by atoms with Crippen LogP contribution in [0.25, 0.3) is 26.6 Å². The molecule has 0 aliphatic heterocycles. The van der Waals surface area contributed by atoms with Crippen LogP contribution < -0.4 is 10.3 Å². The average Bonchev–Trinajstić information content (AvgIpc) is 3.60. The number of rotatable bonds is 9. The van der Waals surface area contributed by atoms with Gasteiger partial charge in [0.25, 0.3) is 5.56 Å². The van der Waals surface area contributed by atoms with Gasteiger partial charge in [0, 0.05) is 35.0 Å². The highest BCUT2D eigenvalue weighted by Crippen LogP contribution is 2.27. The Balaban J connectivity index is 1.46. The SMILES string of the molecule is COc1ccc(-c2[nH]n(-c3nc4ccccc4s3)c(=O)c2C(C)=NCCSCc2nc[nH]c2C)cc1. The van der Waals surface area contributed by atoms with Crippen LogP contribution in [0, 0.1) is 6.92 Å². The Bertz CT molecular complexity index is 1540. The molecule has 5 aromatic rings. The topological polar surface area (TPSA) is 101 Å². The summed E-state index contributed by atoms with van der Waals surface area (Å²) in [5.74, 6) is 2.41. The van der Waals surface area contributed by atoms with Crippen LogP contribution >= 0.6 is 23.1 Å². The van der Waals surface area contributed by atoms with Crippen LogP contribution in [-0.2, 0) is 5.75 Å². The lowest BCUT2D eigenvalue weighted by atomic mass is 10.1. The Morgan fingerprint density at radius 3 is 2.72 bits per heavy atom. The van der Waals surface area contributed by atoms with E-state index >= 15 is 0 Å². The number of nitrogens with one attached hydrogen (secondary N) is 2. The second-order valence-corrected chi connectivity index (χ2v) is 10.3. The lowest BCUT2D eigenvalue weighted by Crippen LogP contribution is -2.19. The molecule has 0 saturated heterocycles. The molecule has 5 rings (SSSR count). The van der Waals surface area contributed by atoms with E-state index in [1.165, 1.54) is 16.0 Å². The minimum atomic E-state index is -0.166. The highest BCUT2D eigenvalue weighted by Gasteiger charge is 2.21. The number of thiazole rings is 1. The number of aliphatic imine (C=N–C) groups is 1. The normalized spacial score (nSPS) is 11.9. The first-order chi connectivity index (χ1) is 17.5. The third-order valence-corrected chi connectivity index (χ3v) is 7.83. The average molecular weight is 519 g/mol. The van der Waals surface area contributed by atoms with Crippen LogP contribution in [0.1, 0.15) is 23.9 Å². The first-order valence-corrected chi connectivity index (χ1v) is 13.5. The van der Waals surface area contributed by atoms with Crippen LogP contribution in [0.3, 0.4) is 0 Å². The van der Waals surface area contributed by atoms with E-state index < -0.39 is 0 Å². The fraction of sp³-hybridized carbons (Fsp3) is 0.231. The quantitative estimate of drug-likeness (QED) is 0.206. The summed E-state index contributed by atoms with van der Waals surface area (Å²) >= 11 is 3.25. The van der Waals surface area contributed by atoms with Gasteiger partial charge in [-0.25, -0.2) is 9.97 Å². The van der Waals surface area contributed by atoms with Gasteiger partial charge in [0.05, 0.1) is 40.6 Å². The zero-order chi connectivity index (χ0) is 25.1. The third kappa shape index (κ3) is 4.87. The standard InChI is InChI=1S/C26H26N6O2S2/c1-16-21(29-15-28-16)14-35-13-12-27-17(2)23-24(18-8-10-19(34-3)11-9-18)31-32(25(23)33)26-30-20-6-4-5-7-22(20)36-26/h4-11,15,31H,12-14H2,1-3H3,(H,28,29). The number of nitrogens with zero attached hydrogens (tertiary/aromatic N) is 4. The number of aromatic amines is 2. The number of thioether (sulfide) groups is 1. The van der Waals surface area contributed by atoms with Crippen molar-refractivity contribution in [2.45, 2.75) is 19.6 Å². The van der Waals surface area contributed by atoms with Gasteiger partial charge < -0.3 is 9.72 Å². The molecule has 0 spiro atoms. The number of benzene rings is 2. The summed E-state index contributed by atoms with van der Waals surface area (Å²) in [4.78, 5) is 30.5. The minimum absolute atomic E-state index is 0.166. The number of imidazole rings is 1. The Hall–Kier alpha value is -3.63. The molecule has 10 heteroatoms. The summed E-state index contributed by atoms with van der Waals surface area (Å²) in [6.07, 6.45) is 1.72. The van der Waals surface area contributed by atoms with Gasteiger partial charge in [-0.2, -0.15) is 16.4 Å². The number of ether oxygens (including phenoxy) is 1. The van der Waals surface area contributed by atoms with E-state index in [0.29, 0.717) is 28.6 Å². The van der Waals surface area contributed by atoms with E-state index in [0.717, 1.165) is 44.4 Å². The summed E-state index contributed by atoms with van der Waals surface area (Å²) < 4.78 is 7.85. The molecule has 0 bridgehead atoms. The zero-order valence-electron chi connectivity index (χ0n) is 20.2. The molecule has 36 heavy (non-hydrogen) atoms. The Labute approximate surface area is 216 Å². The maximum Gasteiger partial charge on any atom is 0.283 e. The van der Waals surface area contributed by atoms with Gasteiger partial charge in [-0.3, -0.25) is 14.9 Å². The minimum Gasteiger partial charge on any atom is -0.497 e. The molecule has 0 radical (unpaired) electrons. The van der Waals surface area contributed by atoms with Crippen molar-refractivity contribution >= 4 is 39.0 Å². The Morgan fingerprint density at radius 1 is 1.19 bits per heavy atom. The maximum absolute atomic E-state index is 13.7. The van der Waals surface area contributed by atoms with Gasteiger partial charge in [0.15, 0.2) is 0 Å². The summed E-state index contributed by atoms with van der Waals surface area (Å²) in [5, 5.41) is 3.90. The molecule has 0 fully saturated rings. The second-order valence-electron chi connectivity index (χ2n) is 8.19. The van der Waals surface area contributed by atoms with Gasteiger partial charge in [-0.1, -0.05) is 23.5 Å². The zero-order valence-corrected chi connectivity index (χ0v) is 21.9. The van der Waals surface area contributed by atoms with Crippen LogP contribution in [0.4, 0.5) is 0 Å². The molecule has 184 valence electrons. The Morgan fingerprint density at radius 2 is 2.00 bits per heavy atom. The number of aryl methyl sites for hydroxylation is 1. The highest BCUT2D eigenvalue weighted by atomic mass is 32.2. The fourth-order valence-electron chi connectivity index (χ4n) is 3.89. The molecule has 2 aromatic carbocycles. The molecular weight excluding hydrogens is 492 g/mol. The molecule has 0 aliphatic carbocycles. The first-order valence-electron chi connectivity index (χ1n) is 11.5. The van der Waals surface area contributed by atoms with Crippen LogP contribution in [0.15, 0.2) is 64.6 Å². The number of hydrogen-bond donors (Lipinski definition) is 2. The van der Waals surface area contributed by atoms with E-state index in [1.807, 2.05) is 62.4 Å². The van der Waals surface area contributed by atoms with Crippen molar-refractivity contribution < 1.29 is 4.74 Å². The fourth-order valence-corrected chi connectivity index (χ4v) is 5.66. The van der Waals surface area contributed by atoms with E-state index in [-0.39, 0.29) is 5.56 Å². The number of hydrogen-bond acceptors (Lipinski definition) is 7. The molecular formula is C26H26N6O2S2. The molecule has 3 heterocycles. The Kier molecular flexibility index (Phi) is 7.06. The lowest BCUT2D eigenvalue weighted by Gasteiger charge is -2.05. The summed E-state index contributed by atoms with van der Waals surface area (Å²) in [5.41, 5.74) is 5.68. The number of fused-ring (bicyclic) bond motifs is 1. The molecule has 0 aliphatic rings.